The van der Waals surface area contributed by atoms with Crippen molar-refractivity contribution in [3.8, 4) is 0 Å². The number of hydrogen-bond acceptors (Lipinski definition) is 3. The molecule has 0 radical (unpaired) electrons. The Labute approximate surface area is 116 Å². The fourth-order valence-electron chi connectivity index (χ4n) is 3.72. The van der Waals surface area contributed by atoms with Gasteiger partial charge >= 0.3 is 5.97 Å². The first kappa shape index (κ1) is 14.8. The number of nitrogens with one attached hydrogen (secondary N) is 2. The van der Waals surface area contributed by atoms with E-state index in [1.54, 1.807) is 0 Å². The monoisotopic (exact) mass is 268 g/mol. The topological polar surface area (TPSA) is 61.4 Å². The molecule has 0 spiro atoms. The lowest BCUT2D eigenvalue weighted by Crippen LogP contribution is -2.49. The van der Waals surface area contributed by atoms with Gasteiger partial charge in [0.15, 0.2) is 0 Å². The van der Waals surface area contributed by atoms with E-state index in [0.717, 1.165) is 19.4 Å². The number of carboxylic acids is 1. The minimum Gasteiger partial charge on any atom is -0.480 e. The maximum atomic E-state index is 11.4. The fraction of sp³-hybridized carbons (Fsp3) is 0.933. The molecule has 2 fully saturated rings. The van der Waals surface area contributed by atoms with Crippen molar-refractivity contribution >= 4 is 5.97 Å². The summed E-state index contributed by atoms with van der Waals surface area (Å²) < 4.78 is 0. The summed E-state index contributed by atoms with van der Waals surface area (Å²) in [6, 6.07) is 0.607. The molecule has 1 aliphatic heterocycles. The molecule has 1 saturated heterocycles. The second-order valence-electron chi connectivity index (χ2n) is 6.59. The third kappa shape index (κ3) is 3.93. The summed E-state index contributed by atoms with van der Waals surface area (Å²) in [7, 11) is 0. The Bertz CT molecular complexity index is 301. The van der Waals surface area contributed by atoms with Gasteiger partial charge in [-0.1, -0.05) is 20.3 Å². The summed E-state index contributed by atoms with van der Waals surface area (Å²) in [6.07, 6.45) is 6.84. The highest BCUT2D eigenvalue weighted by atomic mass is 16.4. The molecule has 0 aromatic heterocycles. The van der Waals surface area contributed by atoms with Gasteiger partial charge in [0.2, 0.25) is 0 Å². The number of hydrogen-bond donors (Lipinski definition) is 3. The van der Waals surface area contributed by atoms with Crippen molar-refractivity contribution in [1.29, 1.82) is 0 Å². The number of carboxylic acid groups (broad SMARTS) is 1. The molecule has 0 bridgehead atoms. The number of rotatable bonds is 6. The maximum Gasteiger partial charge on any atom is 0.320 e. The van der Waals surface area contributed by atoms with E-state index < -0.39 is 5.97 Å². The highest BCUT2D eigenvalue weighted by Crippen LogP contribution is 2.32. The van der Waals surface area contributed by atoms with Crippen LogP contribution >= 0.6 is 0 Å². The van der Waals surface area contributed by atoms with E-state index in [1.807, 2.05) is 0 Å². The molecule has 1 heterocycles. The summed E-state index contributed by atoms with van der Waals surface area (Å²) >= 11 is 0. The van der Waals surface area contributed by atoms with E-state index in [-0.39, 0.29) is 6.04 Å². The van der Waals surface area contributed by atoms with Gasteiger partial charge in [0.1, 0.15) is 6.04 Å². The van der Waals surface area contributed by atoms with Crippen molar-refractivity contribution < 1.29 is 9.90 Å². The molecule has 4 heteroatoms. The Morgan fingerprint density at radius 2 is 2.11 bits per heavy atom. The van der Waals surface area contributed by atoms with Crippen LogP contribution in [0.1, 0.15) is 52.4 Å². The van der Waals surface area contributed by atoms with Crippen LogP contribution in [0.25, 0.3) is 0 Å². The largest absolute Gasteiger partial charge is 0.480 e. The van der Waals surface area contributed by atoms with E-state index in [1.165, 1.54) is 25.7 Å². The average Bonchev–Trinajstić information content (AvgIpc) is 2.96. The van der Waals surface area contributed by atoms with Crippen LogP contribution in [0.15, 0.2) is 0 Å². The fourth-order valence-corrected chi connectivity index (χ4v) is 3.72. The van der Waals surface area contributed by atoms with Gasteiger partial charge in [0.05, 0.1) is 0 Å². The van der Waals surface area contributed by atoms with Gasteiger partial charge in [-0.15, -0.1) is 0 Å². The summed E-state index contributed by atoms with van der Waals surface area (Å²) in [5.74, 6) is 0.341. The Kier molecular flexibility index (Phi) is 5.22. The smallest absolute Gasteiger partial charge is 0.320 e. The number of carbonyl (C=O) groups is 1. The standard InChI is InChI=1S/C15H28N2O2/c1-10(2)9-14(15(18)19)17-13-6-3-5-11(13)12-7-4-8-16-12/h10-14,16-17H,3-9H2,1-2H3,(H,18,19). The van der Waals surface area contributed by atoms with Gasteiger partial charge in [-0.05, 0) is 50.5 Å². The van der Waals surface area contributed by atoms with Gasteiger partial charge in [0.25, 0.3) is 0 Å². The van der Waals surface area contributed by atoms with Crippen molar-refractivity contribution in [2.24, 2.45) is 11.8 Å². The molecule has 0 aromatic carbocycles. The molecule has 1 saturated carbocycles. The zero-order valence-corrected chi connectivity index (χ0v) is 12.2. The van der Waals surface area contributed by atoms with E-state index >= 15 is 0 Å². The molecule has 1 aliphatic carbocycles. The van der Waals surface area contributed by atoms with Crippen LogP contribution in [0.2, 0.25) is 0 Å². The van der Waals surface area contributed by atoms with Crippen LogP contribution in [0.4, 0.5) is 0 Å². The maximum absolute atomic E-state index is 11.4. The first-order valence-corrected chi connectivity index (χ1v) is 7.80. The second kappa shape index (κ2) is 6.71. The molecule has 0 aromatic rings. The van der Waals surface area contributed by atoms with Crippen molar-refractivity contribution in [3.63, 3.8) is 0 Å². The molecule has 19 heavy (non-hydrogen) atoms. The zero-order chi connectivity index (χ0) is 13.8. The van der Waals surface area contributed by atoms with Crippen LogP contribution in [0.5, 0.6) is 0 Å². The average molecular weight is 268 g/mol. The molecule has 3 N–H and O–H groups in total. The first-order valence-electron chi connectivity index (χ1n) is 7.80. The van der Waals surface area contributed by atoms with Crippen molar-refractivity contribution in [2.45, 2.75) is 70.5 Å². The van der Waals surface area contributed by atoms with Gasteiger partial charge in [-0.2, -0.15) is 0 Å². The predicted molar refractivity (Wildman–Crippen MR) is 76.2 cm³/mol. The third-order valence-corrected chi connectivity index (χ3v) is 4.61. The highest BCUT2D eigenvalue weighted by molar-refractivity contribution is 5.73. The summed E-state index contributed by atoms with van der Waals surface area (Å²) in [5.41, 5.74) is 0. The van der Waals surface area contributed by atoms with Gasteiger partial charge < -0.3 is 15.7 Å². The third-order valence-electron chi connectivity index (χ3n) is 4.61. The Morgan fingerprint density at radius 1 is 1.32 bits per heavy atom. The normalized spacial score (nSPS) is 32.9. The Hall–Kier alpha value is -0.610. The second-order valence-corrected chi connectivity index (χ2v) is 6.59. The molecule has 4 atom stereocenters. The van der Waals surface area contributed by atoms with Crippen LogP contribution in [-0.4, -0.2) is 35.7 Å². The molecule has 2 rings (SSSR count). The lowest BCUT2D eigenvalue weighted by Gasteiger charge is -2.29. The Morgan fingerprint density at radius 3 is 2.68 bits per heavy atom. The van der Waals surface area contributed by atoms with Crippen LogP contribution in [-0.2, 0) is 4.79 Å². The van der Waals surface area contributed by atoms with Gasteiger partial charge in [-0.3, -0.25) is 4.79 Å². The lowest BCUT2D eigenvalue weighted by molar-refractivity contribution is -0.140. The molecular formula is C15H28N2O2. The minimum absolute atomic E-state index is 0.382. The van der Waals surface area contributed by atoms with Crippen LogP contribution in [0, 0.1) is 11.8 Å². The molecule has 4 unspecified atom stereocenters. The van der Waals surface area contributed by atoms with Crippen LogP contribution in [0.3, 0.4) is 0 Å². The molecule has 4 nitrogen and oxygen atoms in total. The molecule has 2 aliphatic rings. The van der Waals surface area contributed by atoms with E-state index in [4.69, 9.17) is 0 Å². The van der Waals surface area contributed by atoms with Gasteiger partial charge in [0, 0.05) is 12.1 Å². The summed E-state index contributed by atoms with van der Waals surface area (Å²) in [5, 5.41) is 16.4. The lowest BCUT2D eigenvalue weighted by atomic mass is 9.92. The summed E-state index contributed by atoms with van der Waals surface area (Å²) in [6.45, 7) is 5.30. The van der Waals surface area contributed by atoms with Crippen LogP contribution < -0.4 is 10.6 Å². The van der Waals surface area contributed by atoms with E-state index in [2.05, 4.69) is 24.5 Å². The first-order chi connectivity index (χ1) is 9.08. The quantitative estimate of drug-likeness (QED) is 0.689. The molecular weight excluding hydrogens is 240 g/mol. The highest BCUT2D eigenvalue weighted by Gasteiger charge is 2.36. The molecule has 0 amide bonds. The van der Waals surface area contributed by atoms with Crippen molar-refractivity contribution in [1.82, 2.24) is 10.6 Å². The SMILES string of the molecule is CC(C)CC(NC1CCCC1C1CCCN1)C(=O)O. The van der Waals surface area contributed by atoms with E-state index in [0.29, 0.717) is 23.9 Å². The summed E-state index contributed by atoms with van der Waals surface area (Å²) in [4.78, 5) is 11.4. The predicted octanol–water partition coefficient (Wildman–Crippen LogP) is 2.00. The Balaban J connectivity index is 1.93. The zero-order valence-electron chi connectivity index (χ0n) is 12.2. The number of aliphatic carboxylic acids is 1. The minimum atomic E-state index is -0.696. The van der Waals surface area contributed by atoms with Gasteiger partial charge in [-0.25, -0.2) is 0 Å². The van der Waals surface area contributed by atoms with Crippen molar-refractivity contribution in [2.75, 3.05) is 6.54 Å². The molecule has 110 valence electrons. The van der Waals surface area contributed by atoms with Crippen molar-refractivity contribution in [3.05, 3.63) is 0 Å². The van der Waals surface area contributed by atoms with E-state index in [9.17, 15) is 9.90 Å².